The highest BCUT2D eigenvalue weighted by molar-refractivity contribution is 5.94. The SMILES string of the molecule is CCOC(=O)CCNC(=O)c1nc2ccccc2n(C2CC3CCC(C2)N3C2CCCCCCC2)c1=O. The number of rotatable bonds is 7. The van der Waals surface area contributed by atoms with Crippen LogP contribution in [0.1, 0.15) is 101 Å². The van der Waals surface area contributed by atoms with Gasteiger partial charge in [-0.3, -0.25) is 19.3 Å². The quantitative estimate of drug-likeness (QED) is 0.559. The van der Waals surface area contributed by atoms with E-state index in [9.17, 15) is 14.4 Å². The first-order valence-corrected chi connectivity index (χ1v) is 14.3. The van der Waals surface area contributed by atoms with Gasteiger partial charge < -0.3 is 14.6 Å². The van der Waals surface area contributed by atoms with E-state index in [1.807, 2.05) is 28.8 Å². The number of carbonyl (C=O) groups is 2. The van der Waals surface area contributed by atoms with Gasteiger partial charge >= 0.3 is 5.97 Å². The van der Waals surface area contributed by atoms with Crippen LogP contribution in [0, 0.1) is 0 Å². The monoisotopic (exact) mass is 508 g/mol. The lowest BCUT2D eigenvalue weighted by molar-refractivity contribution is -0.142. The van der Waals surface area contributed by atoms with E-state index in [-0.39, 0.29) is 36.2 Å². The molecule has 200 valence electrons. The molecule has 1 N–H and O–H groups in total. The molecule has 37 heavy (non-hydrogen) atoms. The second-order valence-electron chi connectivity index (χ2n) is 10.9. The van der Waals surface area contributed by atoms with Crippen molar-refractivity contribution in [1.82, 2.24) is 19.8 Å². The first kappa shape index (κ1) is 25.9. The third kappa shape index (κ3) is 5.59. The Hall–Kier alpha value is -2.74. The van der Waals surface area contributed by atoms with Crippen molar-refractivity contribution in [3.63, 3.8) is 0 Å². The van der Waals surface area contributed by atoms with Crippen molar-refractivity contribution in [2.75, 3.05) is 13.2 Å². The van der Waals surface area contributed by atoms with Gasteiger partial charge in [0.2, 0.25) is 0 Å². The van der Waals surface area contributed by atoms with Gasteiger partial charge in [-0.25, -0.2) is 4.98 Å². The number of nitrogens with one attached hydrogen (secondary N) is 1. The summed E-state index contributed by atoms with van der Waals surface area (Å²) >= 11 is 0. The standard InChI is InChI=1S/C29H40N4O4/c1-2-37-26(34)16-17-30-28(35)27-29(36)33(25-13-9-8-12-24(25)31-27)23-18-21-14-15-22(19-23)32(21)20-10-6-4-3-5-7-11-20/h8-9,12-13,20-23H,2-7,10-11,14-19H2,1H3,(H,30,35). The van der Waals surface area contributed by atoms with Gasteiger partial charge in [0, 0.05) is 30.7 Å². The molecule has 5 rings (SSSR count). The molecule has 1 aliphatic carbocycles. The van der Waals surface area contributed by atoms with Crippen molar-refractivity contribution in [3.8, 4) is 0 Å². The highest BCUT2D eigenvalue weighted by Crippen LogP contribution is 2.44. The average molecular weight is 509 g/mol. The van der Waals surface area contributed by atoms with Gasteiger partial charge in [-0.1, -0.05) is 44.2 Å². The largest absolute Gasteiger partial charge is 0.466 e. The van der Waals surface area contributed by atoms with E-state index in [1.54, 1.807) is 6.92 Å². The fourth-order valence-corrected chi connectivity index (χ4v) is 6.98. The number of amides is 1. The summed E-state index contributed by atoms with van der Waals surface area (Å²) in [5.41, 5.74) is 1.00. The average Bonchev–Trinajstić information content (AvgIpc) is 3.12. The van der Waals surface area contributed by atoms with Gasteiger partial charge in [-0.2, -0.15) is 0 Å². The van der Waals surface area contributed by atoms with Crippen LogP contribution in [0.5, 0.6) is 0 Å². The van der Waals surface area contributed by atoms with Crippen LogP contribution in [0.15, 0.2) is 29.1 Å². The molecule has 0 radical (unpaired) electrons. The molecule has 8 heteroatoms. The van der Waals surface area contributed by atoms with Crippen LogP contribution in [-0.2, 0) is 9.53 Å². The molecule has 3 heterocycles. The summed E-state index contributed by atoms with van der Waals surface area (Å²) in [5.74, 6) is -0.915. The van der Waals surface area contributed by atoms with Crippen LogP contribution in [0.2, 0.25) is 0 Å². The zero-order chi connectivity index (χ0) is 25.8. The van der Waals surface area contributed by atoms with Gasteiger partial charge in [-0.15, -0.1) is 0 Å². The number of benzene rings is 1. The maximum Gasteiger partial charge on any atom is 0.307 e. The lowest BCUT2D eigenvalue weighted by Crippen LogP contribution is -2.50. The molecule has 2 aromatic rings. The van der Waals surface area contributed by atoms with Crippen molar-refractivity contribution in [3.05, 3.63) is 40.3 Å². The highest BCUT2D eigenvalue weighted by atomic mass is 16.5. The maximum atomic E-state index is 13.8. The molecule has 2 bridgehead atoms. The smallest absolute Gasteiger partial charge is 0.307 e. The van der Waals surface area contributed by atoms with Crippen LogP contribution in [-0.4, -0.2) is 57.6 Å². The Morgan fingerprint density at radius 1 is 0.946 bits per heavy atom. The van der Waals surface area contributed by atoms with Crippen molar-refractivity contribution in [1.29, 1.82) is 0 Å². The Morgan fingerprint density at radius 3 is 2.32 bits per heavy atom. The molecule has 2 atom stereocenters. The molecule has 3 aliphatic rings. The third-order valence-corrected chi connectivity index (χ3v) is 8.56. The molecule has 0 spiro atoms. The van der Waals surface area contributed by atoms with Gasteiger partial charge in [0.25, 0.3) is 11.5 Å². The van der Waals surface area contributed by atoms with E-state index < -0.39 is 5.91 Å². The van der Waals surface area contributed by atoms with Crippen molar-refractivity contribution < 1.29 is 14.3 Å². The molecular formula is C29H40N4O4. The zero-order valence-electron chi connectivity index (χ0n) is 22.0. The summed E-state index contributed by atoms with van der Waals surface area (Å²) in [6, 6.07) is 9.32. The number of aromatic nitrogens is 2. The summed E-state index contributed by atoms with van der Waals surface area (Å²) in [7, 11) is 0. The third-order valence-electron chi connectivity index (χ3n) is 8.56. The van der Waals surface area contributed by atoms with Crippen LogP contribution >= 0.6 is 0 Å². The molecule has 8 nitrogen and oxygen atoms in total. The molecule has 2 saturated heterocycles. The Kier molecular flexibility index (Phi) is 8.23. The number of carbonyl (C=O) groups excluding carboxylic acids is 2. The maximum absolute atomic E-state index is 13.8. The Bertz CT molecular complexity index is 1160. The predicted molar refractivity (Wildman–Crippen MR) is 143 cm³/mol. The fourth-order valence-electron chi connectivity index (χ4n) is 6.98. The predicted octanol–water partition coefficient (Wildman–Crippen LogP) is 4.36. The van der Waals surface area contributed by atoms with E-state index in [1.165, 1.54) is 57.8 Å². The molecule has 1 aromatic heterocycles. The minimum Gasteiger partial charge on any atom is -0.466 e. The molecule has 2 unspecified atom stereocenters. The lowest BCUT2D eigenvalue weighted by Gasteiger charge is -2.45. The first-order chi connectivity index (χ1) is 18.1. The van der Waals surface area contributed by atoms with Gasteiger partial charge in [-0.05, 0) is 57.6 Å². The summed E-state index contributed by atoms with van der Waals surface area (Å²) in [4.78, 5) is 45.7. The summed E-state index contributed by atoms with van der Waals surface area (Å²) in [6.07, 6.45) is 13.6. The highest BCUT2D eigenvalue weighted by Gasteiger charge is 2.44. The van der Waals surface area contributed by atoms with E-state index in [0.29, 0.717) is 30.2 Å². The number of fused-ring (bicyclic) bond motifs is 3. The Labute approximate surface area is 218 Å². The van der Waals surface area contributed by atoms with E-state index in [0.717, 1.165) is 18.4 Å². The van der Waals surface area contributed by atoms with Crippen LogP contribution in [0.25, 0.3) is 11.0 Å². The Balaban J connectivity index is 1.38. The first-order valence-electron chi connectivity index (χ1n) is 14.3. The van der Waals surface area contributed by atoms with E-state index in [2.05, 4.69) is 15.2 Å². The molecule has 3 fully saturated rings. The fraction of sp³-hybridized carbons (Fsp3) is 0.655. The van der Waals surface area contributed by atoms with Crippen molar-refractivity contribution >= 4 is 22.9 Å². The summed E-state index contributed by atoms with van der Waals surface area (Å²) < 4.78 is 6.78. The summed E-state index contributed by atoms with van der Waals surface area (Å²) in [5, 5.41) is 2.69. The minimum atomic E-state index is -0.538. The normalized spacial score (nSPS) is 24.9. The number of ether oxygens (including phenoxy) is 1. The zero-order valence-corrected chi connectivity index (χ0v) is 22.0. The number of nitrogens with zero attached hydrogens (tertiary/aromatic N) is 3. The van der Waals surface area contributed by atoms with Gasteiger partial charge in [0.05, 0.1) is 24.1 Å². The van der Waals surface area contributed by atoms with Crippen LogP contribution in [0.3, 0.4) is 0 Å². The van der Waals surface area contributed by atoms with E-state index >= 15 is 0 Å². The molecular weight excluding hydrogens is 468 g/mol. The number of esters is 1. The Morgan fingerprint density at radius 2 is 1.62 bits per heavy atom. The lowest BCUT2D eigenvalue weighted by atomic mass is 9.89. The molecule has 1 aromatic carbocycles. The second-order valence-corrected chi connectivity index (χ2v) is 10.9. The summed E-state index contributed by atoms with van der Waals surface area (Å²) in [6.45, 7) is 2.15. The van der Waals surface area contributed by atoms with Crippen molar-refractivity contribution in [2.24, 2.45) is 0 Å². The molecule has 1 saturated carbocycles. The number of piperidine rings is 1. The minimum absolute atomic E-state index is 0.0498. The van der Waals surface area contributed by atoms with Gasteiger partial charge in [0.1, 0.15) is 0 Å². The van der Waals surface area contributed by atoms with E-state index in [4.69, 9.17) is 4.74 Å². The van der Waals surface area contributed by atoms with Crippen LogP contribution < -0.4 is 10.9 Å². The molecule has 1 amide bonds. The molecule has 2 aliphatic heterocycles. The van der Waals surface area contributed by atoms with Crippen LogP contribution in [0.4, 0.5) is 0 Å². The number of hydrogen-bond donors (Lipinski definition) is 1. The number of para-hydroxylation sites is 2. The topological polar surface area (TPSA) is 93.5 Å². The van der Waals surface area contributed by atoms with Crippen molar-refractivity contribution in [2.45, 2.75) is 108 Å². The second kappa shape index (κ2) is 11.8. The number of hydrogen-bond acceptors (Lipinski definition) is 6. The van der Waals surface area contributed by atoms with Gasteiger partial charge in [0.15, 0.2) is 5.69 Å².